The Morgan fingerprint density at radius 2 is 1.28 bits per heavy atom. The molecule has 1 aliphatic carbocycles. The number of amides is 12. The molecular formula is C70H108ClF3N12O13. The molecule has 0 radical (unpaired) electrons. The van der Waals surface area contributed by atoms with Gasteiger partial charge >= 0.3 is 6.18 Å². The van der Waals surface area contributed by atoms with E-state index in [9.17, 15) is 70.7 Å². The van der Waals surface area contributed by atoms with Crippen molar-refractivity contribution in [1.29, 1.82) is 0 Å². The maximum absolute atomic E-state index is 14.9. The van der Waals surface area contributed by atoms with E-state index in [1.54, 1.807) is 25.7 Å². The van der Waals surface area contributed by atoms with Crippen LogP contribution in [0.4, 0.5) is 13.2 Å². The standard InChI is InChI=1S/C70H108ClF3N12O13/c1-42(2)37-53-62(91)77-59(45(6)99-13)68(97)79(8)44(5)63(92)86-36-31-52(86)66(95)81(10)54(39-46-23-16-14-17-24-46)65(94)78(7)41-56(87)76-50(30-28-47-27-29-48(49(71)38-47)70(72,73)74)64(93)85-35-22-25-51(85)61(90)75-32-19-18-26-57(88)83(12)60(43(3)4)69(98)82(11)55(40-58(89)80(53)9)67(96)84-33-20-15-21-34-84/h27,29,38,42-46,50-55,59-60H,14-26,28,30-37,39-41H2,1-13H3,(H,75,90)(H,76,87)(H,77,91)/t44-,45+,50-,51-,52-,53-,54-,55-,59-,60-/m0/s1. The number of alkyl halides is 3. The quantitative estimate of drug-likeness (QED) is 0.267. The van der Waals surface area contributed by atoms with Crippen molar-refractivity contribution in [2.45, 2.75) is 230 Å². The van der Waals surface area contributed by atoms with Gasteiger partial charge in [0, 0.05) is 88.5 Å². The van der Waals surface area contributed by atoms with Crippen LogP contribution in [0.15, 0.2) is 18.2 Å². The summed E-state index contributed by atoms with van der Waals surface area (Å²) in [7, 11) is 9.90. The number of hydrogen-bond acceptors (Lipinski definition) is 13. The van der Waals surface area contributed by atoms with E-state index in [1.807, 2.05) is 13.8 Å². The Bertz CT molecular complexity index is 3060. The molecule has 4 aliphatic heterocycles. The van der Waals surface area contributed by atoms with Crippen molar-refractivity contribution in [2.75, 3.05) is 88.7 Å². The third-order valence-electron chi connectivity index (χ3n) is 20.8. The fourth-order valence-electron chi connectivity index (χ4n) is 14.3. The van der Waals surface area contributed by atoms with Crippen LogP contribution in [-0.4, -0.2) is 264 Å². The molecule has 4 saturated heterocycles. The van der Waals surface area contributed by atoms with Crippen molar-refractivity contribution in [3.63, 3.8) is 0 Å². The first-order valence-electron chi connectivity index (χ1n) is 35.3. The highest BCUT2D eigenvalue weighted by Crippen LogP contribution is 2.36. The molecular weight excluding hydrogens is 1310 g/mol. The highest BCUT2D eigenvalue weighted by Gasteiger charge is 2.47. The van der Waals surface area contributed by atoms with Gasteiger partial charge in [-0.2, -0.15) is 13.2 Å². The molecule has 1 saturated carbocycles. The Labute approximate surface area is 586 Å². The predicted octanol–water partition coefficient (Wildman–Crippen LogP) is 4.88. The molecule has 99 heavy (non-hydrogen) atoms. The van der Waals surface area contributed by atoms with Crippen LogP contribution in [0.2, 0.25) is 5.02 Å². The van der Waals surface area contributed by atoms with Crippen LogP contribution in [-0.2, 0) is 74.9 Å². The number of likely N-dealkylation sites (N-methyl/N-ethyl adjacent to an activating group) is 6. The van der Waals surface area contributed by atoms with E-state index in [-0.39, 0.29) is 82.8 Å². The van der Waals surface area contributed by atoms with E-state index in [2.05, 4.69) is 16.0 Å². The van der Waals surface area contributed by atoms with Crippen LogP contribution in [0.25, 0.3) is 0 Å². The number of nitrogens with zero attached hydrogens (tertiary/aromatic N) is 9. The summed E-state index contributed by atoms with van der Waals surface area (Å²) in [6, 6.07) is -7.67. The number of piperidine rings is 1. The number of carbonyl (C=O) groups excluding carboxylic acids is 12. The number of likely N-dealkylation sites (tertiary alicyclic amines) is 1. The molecule has 3 N–H and O–H groups in total. The third kappa shape index (κ3) is 20.8. The van der Waals surface area contributed by atoms with E-state index in [1.165, 1.54) is 91.8 Å². The fraction of sp³-hybridized carbons (Fsp3) is 0.743. The average Bonchev–Trinajstić information content (AvgIpc) is 1.14. The van der Waals surface area contributed by atoms with Gasteiger partial charge in [-0.05, 0) is 126 Å². The van der Waals surface area contributed by atoms with E-state index >= 15 is 0 Å². The summed E-state index contributed by atoms with van der Waals surface area (Å²) in [5, 5.41) is 7.87. The molecule has 554 valence electrons. The van der Waals surface area contributed by atoms with Gasteiger partial charge in [0.2, 0.25) is 70.9 Å². The molecule has 29 heteroatoms. The molecule has 12 amide bonds. The number of fused-ring (bicyclic) bond motifs is 2. The van der Waals surface area contributed by atoms with E-state index < -0.39 is 167 Å². The fourth-order valence-corrected chi connectivity index (χ4v) is 14.6. The van der Waals surface area contributed by atoms with Gasteiger partial charge in [-0.1, -0.05) is 77.5 Å². The van der Waals surface area contributed by atoms with Gasteiger partial charge in [0.05, 0.1) is 29.7 Å². The van der Waals surface area contributed by atoms with Gasteiger partial charge in [0.1, 0.15) is 54.4 Å². The Morgan fingerprint density at radius 1 is 0.636 bits per heavy atom. The van der Waals surface area contributed by atoms with Crippen molar-refractivity contribution >= 4 is 82.5 Å². The molecule has 6 rings (SSSR count). The number of carbonyl (C=O) groups is 12. The Morgan fingerprint density at radius 3 is 1.88 bits per heavy atom. The smallest absolute Gasteiger partial charge is 0.379 e. The molecule has 10 atom stereocenters. The summed E-state index contributed by atoms with van der Waals surface area (Å²) in [4.78, 5) is 187. The Hall–Kier alpha value is -7.10. The van der Waals surface area contributed by atoms with Gasteiger partial charge in [-0.3, -0.25) is 57.5 Å². The van der Waals surface area contributed by atoms with Crippen LogP contribution >= 0.6 is 11.6 Å². The third-order valence-corrected chi connectivity index (χ3v) is 21.1. The molecule has 5 aliphatic rings. The largest absolute Gasteiger partial charge is 0.417 e. The number of nitrogens with one attached hydrogen (secondary N) is 3. The summed E-state index contributed by atoms with van der Waals surface area (Å²) in [5.41, 5.74) is -0.737. The van der Waals surface area contributed by atoms with Gasteiger partial charge in [0.25, 0.3) is 0 Å². The number of aryl methyl sites for hydroxylation is 1. The molecule has 0 unspecified atom stereocenters. The summed E-state index contributed by atoms with van der Waals surface area (Å²) in [6.45, 7) is 10.7. The highest BCUT2D eigenvalue weighted by atomic mass is 35.5. The number of ether oxygens (including phenoxy) is 1. The normalized spacial score (nSPS) is 27.1. The molecule has 0 bridgehead atoms. The minimum Gasteiger partial charge on any atom is -0.379 e. The van der Waals surface area contributed by atoms with Crippen molar-refractivity contribution in [3.8, 4) is 0 Å². The number of benzene rings is 1. The monoisotopic (exact) mass is 1420 g/mol. The molecule has 0 spiro atoms. The predicted molar refractivity (Wildman–Crippen MR) is 363 cm³/mol. The van der Waals surface area contributed by atoms with Gasteiger partial charge in [-0.15, -0.1) is 0 Å². The lowest BCUT2D eigenvalue weighted by Gasteiger charge is -2.45. The van der Waals surface area contributed by atoms with Crippen LogP contribution < -0.4 is 16.0 Å². The highest BCUT2D eigenvalue weighted by molar-refractivity contribution is 6.31. The molecule has 25 nitrogen and oxygen atoms in total. The number of rotatable bonds is 11. The number of methoxy groups -OCH3 is 1. The Balaban J connectivity index is 1.35. The van der Waals surface area contributed by atoms with E-state index in [0.717, 1.165) is 60.5 Å². The number of halogens is 4. The van der Waals surface area contributed by atoms with Crippen LogP contribution in [0.1, 0.15) is 168 Å². The maximum atomic E-state index is 14.9. The van der Waals surface area contributed by atoms with Crippen molar-refractivity contribution in [2.24, 2.45) is 17.8 Å². The van der Waals surface area contributed by atoms with E-state index in [4.69, 9.17) is 16.3 Å². The van der Waals surface area contributed by atoms with Crippen LogP contribution in [0.5, 0.6) is 0 Å². The second-order valence-electron chi connectivity index (χ2n) is 28.6. The number of hydrogen-bond donors (Lipinski definition) is 3. The zero-order valence-corrected chi connectivity index (χ0v) is 61.0. The summed E-state index contributed by atoms with van der Waals surface area (Å²) in [6.07, 6.45) is 1.87. The van der Waals surface area contributed by atoms with Crippen LogP contribution in [0, 0.1) is 17.8 Å². The molecule has 4 heterocycles. The molecule has 1 aromatic rings. The first kappa shape index (κ1) is 80.9. The lowest BCUT2D eigenvalue weighted by Crippen LogP contribution is -2.65. The summed E-state index contributed by atoms with van der Waals surface area (Å²) < 4.78 is 46.9. The summed E-state index contributed by atoms with van der Waals surface area (Å²) in [5.74, 6) is -7.99. The summed E-state index contributed by atoms with van der Waals surface area (Å²) >= 11 is 6.11. The second-order valence-corrected chi connectivity index (χ2v) is 29.0. The molecule has 1 aromatic carbocycles. The first-order valence-corrected chi connectivity index (χ1v) is 35.7. The van der Waals surface area contributed by atoms with Crippen molar-refractivity contribution in [1.82, 2.24) is 60.0 Å². The minimum absolute atomic E-state index is 0.0227. The lowest BCUT2D eigenvalue weighted by atomic mass is 9.84. The van der Waals surface area contributed by atoms with Gasteiger partial charge in [-0.25, -0.2) is 0 Å². The SMILES string of the molecule is CO[C@H](C)[C@@H]1NC(=O)[C@H](CC(C)C)N(C)C(=O)C[C@@H](C(=O)N2CCCCC2)N(C)C(=O)[C@H](C(C)C)N(C)C(=O)CCCCNC(=O)[C@@H]2CCCN2C(=O)[C@H](CCc2ccc(C(F)(F)F)c(Cl)c2)NC(=O)CN(C)C(=O)[C@H](CC2CCCCC2)N(C)C(=O)[C@@H]2CCN2C(=O)[C@H](C)N(C)C1=O. The van der Waals surface area contributed by atoms with Crippen LogP contribution in [0.3, 0.4) is 0 Å². The van der Waals surface area contributed by atoms with Crippen molar-refractivity contribution in [3.05, 3.63) is 34.3 Å². The second kappa shape index (κ2) is 36.5. The topological polar surface area (TPSA) is 279 Å². The average molecular weight is 1420 g/mol. The maximum Gasteiger partial charge on any atom is 0.417 e. The zero-order valence-electron chi connectivity index (χ0n) is 60.3. The first-order chi connectivity index (χ1) is 46.6. The Kier molecular flexibility index (Phi) is 29.8. The zero-order chi connectivity index (χ0) is 73.5. The lowest BCUT2D eigenvalue weighted by molar-refractivity contribution is -0.160. The van der Waals surface area contributed by atoms with E-state index in [0.29, 0.717) is 44.3 Å². The minimum atomic E-state index is -4.74. The molecule has 0 aromatic heterocycles. The molecule has 5 fully saturated rings. The van der Waals surface area contributed by atoms with Gasteiger partial charge in [0.15, 0.2) is 0 Å². The van der Waals surface area contributed by atoms with Gasteiger partial charge < -0.3 is 64.8 Å². The van der Waals surface area contributed by atoms with Crippen molar-refractivity contribution < 1.29 is 75.4 Å².